The van der Waals surface area contributed by atoms with Gasteiger partial charge in [-0.25, -0.2) is 0 Å². The van der Waals surface area contributed by atoms with Crippen LogP contribution in [0.1, 0.15) is 88.8 Å². The summed E-state index contributed by atoms with van der Waals surface area (Å²) in [5.74, 6) is 1.32. The van der Waals surface area contributed by atoms with E-state index in [2.05, 4.69) is 76.3 Å². The Kier molecular flexibility index (Phi) is 5.97. The van der Waals surface area contributed by atoms with Gasteiger partial charge in [0.25, 0.3) is 0 Å². The van der Waals surface area contributed by atoms with E-state index in [0.717, 1.165) is 0 Å². The molecule has 1 aliphatic rings. The van der Waals surface area contributed by atoms with Crippen LogP contribution in [-0.4, -0.2) is 8.07 Å². The third-order valence-electron chi connectivity index (χ3n) is 5.79. The van der Waals surface area contributed by atoms with Crippen LogP contribution in [0.2, 0.25) is 12.1 Å². The van der Waals surface area contributed by atoms with E-state index in [9.17, 15) is 0 Å². The highest BCUT2D eigenvalue weighted by Gasteiger charge is 2.47. The highest BCUT2D eigenvalue weighted by atomic mass is 32.1. The van der Waals surface area contributed by atoms with Gasteiger partial charge in [-0.15, -0.1) is 22.7 Å². The molecule has 0 bridgehead atoms. The number of hydrogen-bond donors (Lipinski definition) is 0. The smallest absolute Gasteiger partial charge is 0.122 e. The molecule has 0 aliphatic carbocycles. The van der Waals surface area contributed by atoms with Crippen molar-refractivity contribution in [1.29, 1.82) is 0 Å². The summed E-state index contributed by atoms with van der Waals surface area (Å²) in [7, 11) is -1.54. The molecule has 138 valence electrons. The van der Waals surface area contributed by atoms with Crippen LogP contribution >= 0.6 is 22.7 Å². The molecule has 0 atom stereocenters. The monoisotopic (exact) mass is 390 g/mol. The van der Waals surface area contributed by atoms with E-state index in [1.165, 1.54) is 37.8 Å². The number of thiophene rings is 2. The number of hydrogen-bond acceptors (Lipinski definition) is 2. The summed E-state index contributed by atoms with van der Waals surface area (Å²) in [6.45, 7) is 14.2. The van der Waals surface area contributed by atoms with Crippen molar-refractivity contribution < 1.29 is 0 Å². The Morgan fingerprint density at radius 3 is 1.48 bits per heavy atom. The van der Waals surface area contributed by atoms with Crippen LogP contribution in [0.5, 0.6) is 0 Å². The number of fused-ring (bicyclic) bond motifs is 3. The maximum Gasteiger partial charge on any atom is 0.122 e. The summed E-state index contributed by atoms with van der Waals surface area (Å²) in [6, 6.07) is 8.21. The highest BCUT2D eigenvalue weighted by molar-refractivity contribution is 7.29. The zero-order valence-electron chi connectivity index (χ0n) is 16.9. The first-order valence-corrected chi connectivity index (χ1v) is 14.3. The van der Waals surface area contributed by atoms with Gasteiger partial charge in [0.05, 0.1) is 0 Å². The van der Waals surface area contributed by atoms with Gasteiger partial charge in [0, 0.05) is 19.5 Å². The van der Waals surface area contributed by atoms with E-state index in [0.29, 0.717) is 11.8 Å². The van der Waals surface area contributed by atoms with Crippen LogP contribution in [0.4, 0.5) is 0 Å². The minimum atomic E-state index is -1.54. The van der Waals surface area contributed by atoms with Crippen molar-refractivity contribution in [3.8, 4) is 9.75 Å². The van der Waals surface area contributed by atoms with Crippen molar-refractivity contribution in [2.24, 2.45) is 0 Å². The Labute approximate surface area is 163 Å². The first-order chi connectivity index (χ1) is 11.9. The Balaban J connectivity index is 2.18. The predicted octanol–water partition coefficient (Wildman–Crippen LogP) is 7.20. The van der Waals surface area contributed by atoms with E-state index in [-0.39, 0.29) is 0 Å². The second kappa shape index (κ2) is 7.70. The summed E-state index contributed by atoms with van der Waals surface area (Å²) in [5.41, 5.74) is 0. The molecule has 3 heterocycles. The van der Waals surface area contributed by atoms with E-state index in [4.69, 9.17) is 0 Å². The van der Waals surface area contributed by atoms with Crippen LogP contribution in [0.3, 0.4) is 0 Å². The molecule has 0 radical (unpaired) electrons. The molecule has 2 aromatic rings. The fraction of sp³-hybridized carbons (Fsp3) is 0.636. The summed E-state index contributed by atoms with van der Waals surface area (Å²) >= 11 is 4.22. The zero-order chi connectivity index (χ0) is 18.2. The van der Waals surface area contributed by atoms with Crippen molar-refractivity contribution in [3.63, 3.8) is 0 Å². The molecule has 0 N–H and O–H groups in total. The SMILES string of the molecule is CCCC[Si]1(CCCC)c2cc(C(C)C)sc2-c2sc(C(C)C)cc21. The topological polar surface area (TPSA) is 0 Å². The molecule has 0 amide bonds. The van der Waals surface area contributed by atoms with Gasteiger partial charge in [0.15, 0.2) is 0 Å². The lowest BCUT2D eigenvalue weighted by atomic mass is 10.2. The normalized spacial score (nSPS) is 15.2. The number of rotatable bonds is 8. The second-order valence-electron chi connectivity index (χ2n) is 8.38. The molecule has 0 spiro atoms. The van der Waals surface area contributed by atoms with Gasteiger partial charge < -0.3 is 0 Å². The predicted molar refractivity (Wildman–Crippen MR) is 120 cm³/mol. The molecule has 0 saturated heterocycles. The second-order valence-corrected chi connectivity index (χ2v) is 14.8. The highest BCUT2D eigenvalue weighted by Crippen LogP contribution is 2.45. The van der Waals surface area contributed by atoms with Crippen molar-refractivity contribution in [2.75, 3.05) is 0 Å². The standard InChI is InChI=1S/C22H34S2Si/c1-7-9-11-25(12-10-8-2)19-13-17(15(3)4)23-21(19)22-20(25)14-18(24-22)16(5)6/h13-16H,7-12H2,1-6H3. The Bertz CT molecular complexity index is 658. The van der Waals surface area contributed by atoms with Gasteiger partial charge in [-0.1, -0.05) is 67.2 Å². The van der Waals surface area contributed by atoms with Crippen LogP contribution in [0, 0.1) is 0 Å². The van der Waals surface area contributed by atoms with Crippen molar-refractivity contribution >= 4 is 41.1 Å². The molecular formula is C22H34S2Si. The largest absolute Gasteiger partial charge is 0.139 e. The van der Waals surface area contributed by atoms with Gasteiger partial charge in [-0.05, 0) is 46.4 Å². The first kappa shape index (κ1) is 19.4. The Hall–Kier alpha value is -0.383. The van der Waals surface area contributed by atoms with Gasteiger partial charge in [-0.3, -0.25) is 0 Å². The fourth-order valence-corrected chi connectivity index (χ4v) is 13.9. The summed E-state index contributed by atoms with van der Waals surface area (Å²) in [5, 5.41) is 3.64. The molecule has 0 saturated carbocycles. The van der Waals surface area contributed by atoms with Crippen molar-refractivity contribution in [2.45, 2.75) is 91.1 Å². The van der Waals surface area contributed by atoms with Gasteiger partial charge >= 0.3 is 0 Å². The average molecular weight is 391 g/mol. The third-order valence-corrected chi connectivity index (χ3v) is 14.5. The van der Waals surface area contributed by atoms with E-state index < -0.39 is 8.07 Å². The molecule has 0 nitrogen and oxygen atoms in total. The Morgan fingerprint density at radius 1 is 0.760 bits per heavy atom. The maximum absolute atomic E-state index is 2.64. The molecule has 1 aliphatic heterocycles. The fourth-order valence-electron chi connectivity index (χ4n) is 4.20. The first-order valence-electron chi connectivity index (χ1n) is 10.2. The molecule has 0 unspecified atom stereocenters. The lowest BCUT2D eigenvalue weighted by Gasteiger charge is -2.29. The average Bonchev–Trinajstić information content (AvgIpc) is 3.23. The maximum atomic E-state index is 2.64. The van der Waals surface area contributed by atoms with Crippen LogP contribution < -0.4 is 10.4 Å². The summed E-state index contributed by atoms with van der Waals surface area (Å²) < 4.78 is 0. The minimum absolute atomic E-state index is 0.660. The van der Waals surface area contributed by atoms with E-state index in [1.54, 1.807) is 19.5 Å². The van der Waals surface area contributed by atoms with Gasteiger partial charge in [-0.2, -0.15) is 0 Å². The molecule has 25 heavy (non-hydrogen) atoms. The zero-order valence-corrected chi connectivity index (χ0v) is 19.5. The summed E-state index contributed by atoms with van der Waals surface area (Å²) in [6.07, 6.45) is 5.45. The van der Waals surface area contributed by atoms with E-state index >= 15 is 0 Å². The van der Waals surface area contributed by atoms with Crippen LogP contribution in [-0.2, 0) is 0 Å². The molecule has 0 fully saturated rings. The molecule has 3 heteroatoms. The lowest BCUT2D eigenvalue weighted by molar-refractivity contribution is 0.838. The lowest BCUT2D eigenvalue weighted by Crippen LogP contribution is -2.54. The van der Waals surface area contributed by atoms with Crippen molar-refractivity contribution in [1.82, 2.24) is 0 Å². The van der Waals surface area contributed by atoms with Gasteiger partial charge in [0.1, 0.15) is 8.07 Å². The van der Waals surface area contributed by atoms with Crippen molar-refractivity contribution in [3.05, 3.63) is 21.9 Å². The molecule has 0 aromatic carbocycles. The molecule has 3 rings (SSSR count). The Morgan fingerprint density at radius 2 is 1.16 bits per heavy atom. The quantitative estimate of drug-likeness (QED) is 0.418. The van der Waals surface area contributed by atoms with E-state index in [1.807, 2.05) is 10.4 Å². The number of unbranched alkanes of at least 4 members (excludes halogenated alkanes) is 2. The van der Waals surface area contributed by atoms with Gasteiger partial charge in [0.2, 0.25) is 0 Å². The van der Waals surface area contributed by atoms with Crippen LogP contribution in [0.25, 0.3) is 9.75 Å². The third kappa shape index (κ3) is 3.32. The molecule has 2 aromatic heterocycles. The van der Waals surface area contributed by atoms with Crippen LogP contribution in [0.15, 0.2) is 12.1 Å². The summed E-state index contributed by atoms with van der Waals surface area (Å²) in [4.78, 5) is 6.57. The molecular weight excluding hydrogens is 356 g/mol. The minimum Gasteiger partial charge on any atom is -0.139 e.